The summed E-state index contributed by atoms with van der Waals surface area (Å²) in [5.41, 5.74) is -2.55. The minimum absolute atomic E-state index is 0.0637. The predicted octanol–water partition coefficient (Wildman–Crippen LogP) is 0.851. The number of rotatable bonds is 6. The van der Waals surface area contributed by atoms with Gasteiger partial charge in [-0.25, -0.2) is 8.42 Å². The van der Waals surface area contributed by atoms with Gasteiger partial charge in [0, 0.05) is 26.2 Å². The predicted molar refractivity (Wildman–Crippen MR) is 108 cm³/mol. The first-order chi connectivity index (χ1) is 15.2. The third-order valence-electron chi connectivity index (χ3n) is 6.29. The average Bonchev–Trinajstić information content (AvgIpc) is 3.19. The quantitative estimate of drug-likeness (QED) is 0.464. The summed E-state index contributed by atoms with van der Waals surface area (Å²) in [5.74, 6) is -4.01. The lowest BCUT2D eigenvalue weighted by molar-refractivity contribution is -0.152. The van der Waals surface area contributed by atoms with Crippen molar-refractivity contribution in [1.29, 1.82) is 0 Å². The van der Waals surface area contributed by atoms with E-state index in [2.05, 4.69) is 5.32 Å². The Balaban J connectivity index is 1.94. The number of sulfonamides is 1. The van der Waals surface area contributed by atoms with Crippen LogP contribution in [0.4, 0.5) is 13.2 Å². The summed E-state index contributed by atoms with van der Waals surface area (Å²) in [4.78, 5) is 38.5. The van der Waals surface area contributed by atoms with Crippen molar-refractivity contribution < 1.29 is 40.7 Å². The molecule has 0 unspecified atom stereocenters. The number of likely N-dealkylation sites (N-methyl/N-ethyl adjacent to an activating group) is 1. The molecule has 1 aromatic carbocycles. The lowest BCUT2D eigenvalue weighted by Crippen LogP contribution is -2.56. The fraction of sp³-hybridized carbons (Fsp3) is 0.550. The summed E-state index contributed by atoms with van der Waals surface area (Å²) in [6, 6.07) is 2.16. The number of hydrogen-bond donors (Lipinski definition) is 1. The summed E-state index contributed by atoms with van der Waals surface area (Å²) in [7, 11) is -1.82. The molecule has 2 saturated heterocycles. The minimum atomic E-state index is -4.62. The van der Waals surface area contributed by atoms with Crippen molar-refractivity contribution in [1.82, 2.24) is 14.5 Å². The Kier molecular flexibility index (Phi) is 6.37. The first-order valence-electron chi connectivity index (χ1n) is 10.0. The molecule has 2 aliphatic rings. The number of imide groups is 1. The van der Waals surface area contributed by atoms with E-state index in [0.717, 1.165) is 28.4 Å². The first-order valence-corrected chi connectivity index (χ1v) is 11.5. The van der Waals surface area contributed by atoms with Crippen LogP contribution in [0.25, 0.3) is 0 Å². The van der Waals surface area contributed by atoms with Crippen molar-refractivity contribution in [2.24, 2.45) is 11.8 Å². The first kappa shape index (κ1) is 25.1. The monoisotopic (exact) mass is 491 g/mol. The number of carbonyl (C=O) groups is 3. The Hall–Kier alpha value is -2.51. The topological polar surface area (TPSA) is 113 Å². The molecule has 0 saturated carbocycles. The van der Waals surface area contributed by atoms with E-state index < -0.39 is 63.0 Å². The molecule has 2 heterocycles. The number of alkyl halides is 3. The van der Waals surface area contributed by atoms with Crippen molar-refractivity contribution in [3.63, 3.8) is 0 Å². The number of hydrogen-bond acceptors (Lipinski definition) is 7. The molecule has 2 aliphatic heterocycles. The highest BCUT2D eigenvalue weighted by molar-refractivity contribution is 7.89. The van der Waals surface area contributed by atoms with Gasteiger partial charge in [0.1, 0.15) is 5.54 Å². The van der Waals surface area contributed by atoms with E-state index >= 15 is 0 Å². The zero-order chi connectivity index (χ0) is 24.9. The van der Waals surface area contributed by atoms with Crippen molar-refractivity contribution in [3.8, 4) is 0 Å². The van der Waals surface area contributed by atoms with Crippen LogP contribution in [0.5, 0.6) is 0 Å². The molecule has 0 radical (unpaired) electrons. The fourth-order valence-electron chi connectivity index (χ4n) is 4.55. The molecule has 0 spiro atoms. The number of likely N-dealkylation sites (tertiary alicyclic amines) is 1. The fourth-order valence-corrected chi connectivity index (χ4v) is 6.03. The number of ether oxygens (including phenoxy) is 1. The summed E-state index contributed by atoms with van der Waals surface area (Å²) in [6.45, 7) is 2.59. The second-order valence-electron chi connectivity index (χ2n) is 8.16. The van der Waals surface area contributed by atoms with E-state index in [0.29, 0.717) is 12.1 Å². The van der Waals surface area contributed by atoms with E-state index in [4.69, 9.17) is 4.74 Å². The highest BCUT2D eigenvalue weighted by Crippen LogP contribution is 2.43. The lowest BCUT2D eigenvalue weighted by Gasteiger charge is -2.29. The van der Waals surface area contributed by atoms with E-state index in [1.165, 1.54) is 20.9 Å². The van der Waals surface area contributed by atoms with Crippen LogP contribution >= 0.6 is 0 Å². The molecule has 1 aromatic rings. The van der Waals surface area contributed by atoms with Gasteiger partial charge in [-0.15, -0.1) is 0 Å². The van der Waals surface area contributed by atoms with Crippen LogP contribution in [0.1, 0.15) is 19.4 Å². The van der Waals surface area contributed by atoms with Crippen LogP contribution in [0, 0.1) is 11.8 Å². The number of methoxy groups -OCH3 is 1. The molecular formula is C20H24F3N3O6S. The number of nitrogens with one attached hydrogen (secondary N) is 1. The molecule has 1 N–H and O–H groups in total. The zero-order valence-electron chi connectivity index (χ0n) is 18.3. The van der Waals surface area contributed by atoms with Gasteiger partial charge in [0.05, 0.1) is 29.4 Å². The molecule has 3 rings (SSSR count). The van der Waals surface area contributed by atoms with Gasteiger partial charge in [0.2, 0.25) is 21.8 Å². The number of esters is 1. The van der Waals surface area contributed by atoms with Gasteiger partial charge in [0.15, 0.2) is 0 Å². The number of benzene rings is 1. The minimum Gasteiger partial charge on any atom is -0.468 e. The third kappa shape index (κ3) is 4.02. The number of carbonyl (C=O) groups excluding carboxylic acids is 3. The number of amides is 2. The Bertz CT molecular complexity index is 1080. The van der Waals surface area contributed by atoms with Crippen LogP contribution < -0.4 is 5.32 Å². The number of fused-ring (bicyclic) bond motifs is 1. The van der Waals surface area contributed by atoms with E-state index in [9.17, 15) is 36.0 Å². The largest absolute Gasteiger partial charge is 0.468 e. The van der Waals surface area contributed by atoms with Crippen LogP contribution in [0.3, 0.4) is 0 Å². The van der Waals surface area contributed by atoms with Crippen LogP contribution in [0.2, 0.25) is 0 Å². The summed E-state index contributed by atoms with van der Waals surface area (Å²) in [5, 5.41) is 2.92. The SMILES string of the molecule is CCN(C[C@H]1N[C@@](C)(C(=O)OC)[C@H]2C(=O)N(C)C(=O)[C@@H]12)S(=O)(=O)c1ccc(C(F)(F)F)cc1. The van der Waals surface area contributed by atoms with Crippen LogP contribution in [-0.4, -0.2) is 74.2 Å². The molecule has 0 aliphatic carbocycles. The molecule has 13 heteroatoms. The summed E-state index contributed by atoms with van der Waals surface area (Å²) in [6.07, 6.45) is -4.62. The van der Waals surface area contributed by atoms with E-state index in [-0.39, 0.29) is 18.0 Å². The van der Waals surface area contributed by atoms with E-state index in [1.807, 2.05) is 0 Å². The maximum Gasteiger partial charge on any atom is 0.416 e. The number of nitrogens with zero attached hydrogens (tertiary/aromatic N) is 2. The van der Waals surface area contributed by atoms with Gasteiger partial charge in [-0.2, -0.15) is 17.5 Å². The Morgan fingerprint density at radius 3 is 2.27 bits per heavy atom. The molecule has 33 heavy (non-hydrogen) atoms. The van der Waals surface area contributed by atoms with Gasteiger partial charge < -0.3 is 4.74 Å². The second kappa shape index (κ2) is 8.37. The Labute approximate surface area is 188 Å². The van der Waals surface area contributed by atoms with Gasteiger partial charge >= 0.3 is 12.1 Å². The van der Waals surface area contributed by atoms with Gasteiger partial charge in [-0.3, -0.25) is 24.6 Å². The summed E-state index contributed by atoms with van der Waals surface area (Å²) >= 11 is 0. The average molecular weight is 491 g/mol. The maximum absolute atomic E-state index is 13.1. The lowest BCUT2D eigenvalue weighted by atomic mass is 9.81. The van der Waals surface area contributed by atoms with Crippen molar-refractivity contribution in [2.75, 3.05) is 27.2 Å². The van der Waals surface area contributed by atoms with Gasteiger partial charge in [0.25, 0.3) is 0 Å². The van der Waals surface area contributed by atoms with Crippen molar-refractivity contribution >= 4 is 27.8 Å². The van der Waals surface area contributed by atoms with Crippen molar-refractivity contribution in [3.05, 3.63) is 29.8 Å². The normalized spacial score (nSPS) is 27.9. The molecular weight excluding hydrogens is 467 g/mol. The highest BCUT2D eigenvalue weighted by Gasteiger charge is 2.66. The third-order valence-corrected chi connectivity index (χ3v) is 8.25. The molecule has 4 atom stereocenters. The molecule has 9 nitrogen and oxygen atoms in total. The summed E-state index contributed by atoms with van der Waals surface area (Å²) < 4.78 is 70.6. The zero-order valence-corrected chi connectivity index (χ0v) is 19.2. The van der Waals surface area contributed by atoms with Crippen LogP contribution in [-0.2, 0) is 35.3 Å². The Morgan fingerprint density at radius 1 is 1.21 bits per heavy atom. The molecule has 0 bridgehead atoms. The van der Waals surface area contributed by atoms with E-state index in [1.54, 1.807) is 0 Å². The highest BCUT2D eigenvalue weighted by atomic mass is 32.2. The molecule has 182 valence electrons. The van der Waals surface area contributed by atoms with Gasteiger partial charge in [-0.1, -0.05) is 6.92 Å². The molecule has 0 aromatic heterocycles. The Morgan fingerprint density at radius 2 is 1.79 bits per heavy atom. The number of halogens is 3. The second-order valence-corrected chi connectivity index (χ2v) is 10.1. The molecule has 2 amide bonds. The standard InChI is InChI=1S/C20H24F3N3O6S/c1-5-26(33(30,31)12-8-6-11(7-9-12)20(21,22)23)10-13-14-15(17(28)25(3)16(14)27)19(2,24-13)18(29)32-4/h6-9,13-15,24H,5,10H2,1-4H3/t13-,14+,15-,19-/m1/s1. The van der Waals surface area contributed by atoms with Gasteiger partial charge in [-0.05, 0) is 31.2 Å². The van der Waals surface area contributed by atoms with Crippen molar-refractivity contribution in [2.45, 2.75) is 36.5 Å². The molecule has 2 fully saturated rings. The maximum atomic E-state index is 13.1. The smallest absolute Gasteiger partial charge is 0.416 e. The van der Waals surface area contributed by atoms with Crippen LogP contribution in [0.15, 0.2) is 29.2 Å².